The van der Waals surface area contributed by atoms with Gasteiger partial charge in [0, 0.05) is 12.5 Å². The van der Waals surface area contributed by atoms with Gasteiger partial charge in [-0.3, -0.25) is 9.59 Å². The summed E-state index contributed by atoms with van der Waals surface area (Å²) < 4.78 is 38.0. The molecule has 0 spiro atoms. The summed E-state index contributed by atoms with van der Waals surface area (Å²) in [6.45, 7) is -0.0672. The molecule has 2 rings (SSSR count). The van der Waals surface area contributed by atoms with Gasteiger partial charge in [0.25, 0.3) is 5.91 Å². The fourth-order valence-electron chi connectivity index (χ4n) is 2.47. The first kappa shape index (κ1) is 20.0. The van der Waals surface area contributed by atoms with Crippen LogP contribution in [0.25, 0.3) is 0 Å². The predicted octanol–water partition coefficient (Wildman–Crippen LogP) is 0.701. The van der Waals surface area contributed by atoms with Crippen molar-refractivity contribution in [1.29, 1.82) is 0 Å². The number of ether oxygens (including phenoxy) is 3. The fraction of sp³-hybridized carbons (Fsp3) is 0.529. The molecule has 8 nitrogen and oxygen atoms in total. The summed E-state index contributed by atoms with van der Waals surface area (Å²) in [5.41, 5.74) is 0. The van der Waals surface area contributed by atoms with Gasteiger partial charge in [-0.25, -0.2) is 8.42 Å². The second-order valence-corrected chi connectivity index (χ2v) is 8.18. The van der Waals surface area contributed by atoms with E-state index in [1.165, 1.54) is 0 Å². The minimum Gasteiger partial charge on any atom is -0.497 e. The number of methoxy groups -OCH3 is 1. The largest absolute Gasteiger partial charge is 0.497 e. The van der Waals surface area contributed by atoms with E-state index in [0.29, 0.717) is 25.2 Å². The van der Waals surface area contributed by atoms with Crippen LogP contribution in [0.4, 0.5) is 0 Å². The van der Waals surface area contributed by atoms with E-state index in [0.717, 1.165) is 5.75 Å². The molecule has 0 aliphatic carbocycles. The van der Waals surface area contributed by atoms with E-state index in [-0.39, 0.29) is 17.9 Å². The van der Waals surface area contributed by atoms with Crippen molar-refractivity contribution in [1.82, 2.24) is 5.32 Å². The van der Waals surface area contributed by atoms with Gasteiger partial charge in [0.15, 0.2) is 16.4 Å². The third-order valence-corrected chi connectivity index (χ3v) is 5.58. The topological polar surface area (TPSA) is 108 Å². The maximum Gasteiger partial charge on any atom is 0.306 e. The van der Waals surface area contributed by atoms with E-state index in [9.17, 15) is 18.0 Å². The average Bonchev–Trinajstić information content (AvgIpc) is 2.96. The molecular weight excluding hydrogens is 362 g/mol. The number of amides is 1. The lowest BCUT2D eigenvalue weighted by Gasteiger charge is -2.11. The van der Waals surface area contributed by atoms with Crippen molar-refractivity contribution in [3.8, 4) is 11.5 Å². The normalized spacial score (nSPS) is 18.1. The Morgan fingerprint density at radius 2 is 1.88 bits per heavy atom. The van der Waals surface area contributed by atoms with E-state index in [4.69, 9.17) is 14.2 Å². The summed E-state index contributed by atoms with van der Waals surface area (Å²) in [6, 6.07) is 6.69. The van der Waals surface area contributed by atoms with Crippen LogP contribution in [0.3, 0.4) is 0 Å². The molecule has 1 aliphatic rings. The molecule has 0 unspecified atom stereocenters. The van der Waals surface area contributed by atoms with Gasteiger partial charge in [-0.05, 0) is 37.1 Å². The first-order chi connectivity index (χ1) is 12.4. The van der Waals surface area contributed by atoms with Crippen molar-refractivity contribution in [2.24, 2.45) is 0 Å². The van der Waals surface area contributed by atoms with E-state index in [1.54, 1.807) is 31.4 Å². The van der Waals surface area contributed by atoms with Crippen LogP contribution >= 0.6 is 0 Å². The zero-order valence-electron chi connectivity index (χ0n) is 14.6. The van der Waals surface area contributed by atoms with Crippen molar-refractivity contribution < 1.29 is 32.2 Å². The maximum atomic E-state index is 11.7. The summed E-state index contributed by atoms with van der Waals surface area (Å²) in [5.74, 6) is 0.424. The van der Waals surface area contributed by atoms with Crippen LogP contribution in [0.5, 0.6) is 11.5 Å². The van der Waals surface area contributed by atoms with Crippen LogP contribution in [0.15, 0.2) is 24.3 Å². The highest BCUT2D eigenvalue weighted by atomic mass is 32.2. The van der Waals surface area contributed by atoms with E-state index >= 15 is 0 Å². The summed E-state index contributed by atoms with van der Waals surface area (Å²) in [4.78, 5) is 23.3. The molecule has 26 heavy (non-hydrogen) atoms. The molecule has 0 bridgehead atoms. The SMILES string of the molecule is COc1ccc(OCCCC(=O)OCC(=O)N[C@@H]2CCS(=O)(=O)C2)cc1. The number of esters is 1. The Morgan fingerprint density at radius 3 is 2.50 bits per heavy atom. The van der Waals surface area contributed by atoms with E-state index in [1.807, 2.05) is 0 Å². The Kier molecular flexibility index (Phi) is 7.26. The van der Waals surface area contributed by atoms with Crippen LogP contribution in [0, 0.1) is 0 Å². The molecule has 1 fully saturated rings. The number of hydrogen-bond donors (Lipinski definition) is 1. The summed E-state index contributed by atoms with van der Waals surface area (Å²) in [6.07, 6.45) is 0.972. The average molecular weight is 385 g/mol. The van der Waals surface area contributed by atoms with Crippen LogP contribution < -0.4 is 14.8 Å². The third kappa shape index (κ3) is 6.91. The van der Waals surface area contributed by atoms with Crippen LogP contribution in [0.1, 0.15) is 19.3 Å². The van der Waals surface area contributed by atoms with Crippen molar-refractivity contribution in [2.45, 2.75) is 25.3 Å². The highest BCUT2D eigenvalue weighted by Crippen LogP contribution is 2.17. The number of sulfone groups is 1. The van der Waals surface area contributed by atoms with Gasteiger partial charge in [-0.2, -0.15) is 0 Å². The number of nitrogens with one attached hydrogen (secondary N) is 1. The Labute approximate surface area is 152 Å². The van der Waals surface area contributed by atoms with Crippen molar-refractivity contribution in [2.75, 3.05) is 31.8 Å². The molecule has 0 radical (unpaired) electrons. The maximum absolute atomic E-state index is 11.7. The molecule has 1 aromatic carbocycles. The summed E-state index contributed by atoms with van der Waals surface area (Å²) in [7, 11) is -1.48. The molecule has 1 amide bonds. The highest BCUT2D eigenvalue weighted by molar-refractivity contribution is 7.91. The fourth-order valence-corrected chi connectivity index (χ4v) is 4.15. The molecule has 9 heteroatoms. The van der Waals surface area contributed by atoms with Gasteiger partial charge < -0.3 is 19.5 Å². The number of carbonyl (C=O) groups excluding carboxylic acids is 2. The minimum atomic E-state index is -3.06. The van der Waals surface area contributed by atoms with Gasteiger partial charge in [-0.1, -0.05) is 0 Å². The Hall–Kier alpha value is -2.29. The van der Waals surface area contributed by atoms with Crippen LogP contribution in [0.2, 0.25) is 0 Å². The standard InChI is InChI=1S/C17H23NO7S/c1-23-14-4-6-15(7-5-14)24-9-2-3-17(20)25-11-16(19)18-13-8-10-26(21,22)12-13/h4-7,13H,2-3,8-12H2,1H3,(H,18,19)/t13-/m1/s1. The summed E-state index contributed by atoms with van der Waals surface area (Å²) >= 11 is 0. The monoisotopic (exact) mass is 385 g/mol. The quantitative estimate of drug-likeness (QED) is 0.492. The Bertz CT molecular complexity index is 715. The first-order valence-corrected chi connectivity index (χ1v) is 10.1. The lowest BCUT2D eigenvalue weighted by Crippen LogP contribution is -2.38. The van der Waals surface area contributed by atoms with Crippen molar-refractivity contribution in [3.05, 3.63) is 24.3 Å². The van der Waals surface area contributed by atoms with E-state index in [2.05, 4.69) is 5.32 Å². The molecule has 0 saturated carbocycles. The van der Waals surface area contributed by atoms with Gasteiger partial charge in [-0.15, -0.1) is 0 Å². The molecule has 1 aliphatic heterocycles. The third-order valence-electron chi connectivity index (χ3n) is 3.82. The van der Waals surface area contributed by atoms with Crippen molar-refractivity contribution in [3.63, 3.8) is 0 Å². The predicted molar refractivity (Wildman–Crippen MR) is 93.9 cm³/mol. The molecule has 144 valence electrons. The molecule has 1 aromatic rings. The Balaban J connectivity index is 1.56. The number of hydrogen-bond acceptors (Lipinski definition) is 7. The van der Waals surface area contributed by atoms with Gasteiger partial charge >= 0.3 is 5.97 Å². The van der Waals surface area contributed by atoms with Gasteiger partial charge in [0.05, 0.1) is 25.2 Å². The molecule has 0 aromatic heterocycles. The lowest BCUT2D eigenvalue weighted by molar-refractivity contribution is -0.148. The lowest BCUT2D eigenvalue weighted by atomic mass is 10.2. The zero-order chi connectivity index (χ0) is 19.0. The number of rotatable bonds is 9. The second kappa shape index (κ2) is 9.42. The molecule has 1 heterocycles. The van der Waals surface area contributed by atoms with Gasteiger partial charge in [0.2, 0.25) is 0 Å². The number of benzene rings is 1. The number of carbonyl (C=O) groups is 2. The smallest absolute Gasteiger partial charge is 0.306 e. The second-order valence-electron chi connectivity index (χ2n) is 5.96. The van der Waals surface area contributed by atoms with Gasteiger partial charge in [0.1, 0.15) is 11.5 Å². The minimum absolute atomic E-state index is 0.0601. The van der Waals surface area contributed by atoms with Crippen molar-refractivity contribution >= 4 is 21.7 Å². The Morgan fingerprint density at radius 1 is 1.19 bits per heavy atom. The zero-order valence-corrected chi connectivity index (χ0v) is 15.4. The molecule has 1 atom stereocenters. The van der Waals surface area contributed by atoms with Crippen LogP contribution in [-0.4, -0.2) is 58.2 Å². The molecule has 1 saturated heterocycles. The molecular formula is C17H23NO7S. The first-order valence-electron chi connectivity index (χ1n) is 8.30. The van der Waals surface area contributed by atoms with E-state index < -0.39 is 34.4 Å². The van der Waals surface area contributed by atoms with Crippen LogP contribution in [-0.2, 0) is 24.2 Å². The highest BCUT2D eigenvalue weighted by Gasteiger charge is 2.28. The summed E-state index contributed by atoms with van der Waals surface area (Å²) in [5, 5.41) is 2.56. The molecule has 1 N–H and O–H groups in total.